The van der Waals surface area contributed by atoms with Gasteiger partial charge in [-0.25, -0.2) is 0 Å². The lowest BCUT2D eigenvalue weighted by molar-refractivity contribution is 0.214. The molecule has 1 unspecified atom stereocenters. The largest absolute Gasteiger partial charge is 0.299 e. The van der Waals surface area contributed by atoms with Crippen molar-refractivity contribution in [2.24, 2.45) is 0 Å². The normalized spacial score (nSPS) is 18.7. The highest BCUT2D eigenvalue weighted by atomic mass is 79.9. The maximum atomic E-state index is 3.54. The highest BCUT2D eigenvalue weighted by Crippen LogP contribution is 2.35. The van der Waals surface area contributed by atoms with Crippen LogP contribution in [0.3, 0.4) is 0 Å². The smallest absolute Gasteiger partial charge is 0.0159 e. The molecule has 0 aromatic heterocycles. The van der Waals surface area contributed by atoms with E-state index in [0.717, 1.165) is 17.8 Å². The van der Waals surface area contributed by atoms with Crippen LogP contribution >= 0.6 is 15.9 Å². The summed E-state index contributed by atoms with van der Waals surface area (Å²) < 4.78 is 0. The van der Waals surface area contributed by atoms with Crippen LogP contribution in [0.25, 0.3) is 0 Å². The molecular formula is C14H20BrN. The van der Waals surface area contributed by atoms with Gasteiger partial charge in [0.2, 0.25) is 0 Å². The Bertz CT molecular complexity index is 348. The van der Waals surface area contributed by atoms with Gasteiger partial charge in [-0.05, 0) is 31.4 Å². The summed E-state index contributed by atoms with van der Waals surface area (Å²) in [5.74, 6) is 0.762. The monoisotopic (exact) mass is 281 g/mol. The number of fused-ring (bicyclic) bond motifs is 1. The molecule has 1 nitrogen and oxygen atoms in total. The lowest BCUT2D eigenvalue weighted by Gasteiger charge is -2.36. The Kier molecular flexibility index (Phi) is 4.04. The third-order valence-electron chi connectivity index (χ3n) is 3.52. The summed E-state index contributed by atoms with van der Waals surface area (Å²) in [7, 11) is 0. The maximum Gasteiger partial charge on any atom is 0.0159 e. The van der Waals surface area contributed by atoms with Gasteiger partial charge in [0.15, 0.2) is 0 Å². The van der Waals surface area contributed by atoms with Crippen LogP contribution in [0.15, 0.2) is 24.3 Å². The molecule has 0 radical (unpaired) electrons. The fourth-order valence-corrected chi connectivity index (χ4v) is 2.93. The number of hydrogen-bond acceptors (Lipinski definition) is 1. The molecule has 0 spiro atoms. The summed E-state index contributed by atoms with van der Waals surface area (Å²) in [5, 5.41) is 1.07. The van der Waals surface area contributed by atoms with Crippen LogP contribution in [0.4, 0.5) is 0 Å². The number of rotatable bonds is 5. The van der Waals surface area contributed by atoms with Crippen molar-refractivity contribution in [2.75, 3.05) is 18.4 Å². The fraction of sp³-hybridized carbons (Fsp3) is 0.571. The molecule has 1 aromatic carbocycles. The van der Waals surface area contributed by atoms with Crippen molar-refractivity contribution in [3.8, 4) is 0 Å². The minimum atomic E-state index is 0.644. The van der Waals surface area contributed by atoms with Gasteiger partial charge < -0.3 is 0 Å². The summed E-state index contributed by atoms with van der Waals surface area (Å²) in [4.78, 5) is 2.56. The lowest BCUT2D eigenvalue weighted by atomic mass is 9.77. The van der Waals surface area contributed by atoms with Crippen molar-refractivity contribution in [1.82, 2.24) is 4.90 Å². The van der Waals surface area contributed by atoms with Gasteiger partial charge in [-0.15, -0.1) is 0 Å². The van der Waals surface area contributed by atoms with Crippen LogP contribution in [-0.2, 0) is 6.42 Å². The van der Waals surface area contributed by atoms with E-state index >= 15 is 0 Å². The predicted molar refractivity (Wildman–Crippen MR) is 73.4 cm³/mol. The molecule has 1 aliphatic carbocycles. The molecule has 2 rings (SSSR count). The Morgan fingerprint density at radius 2 is 2.12 bits per heavy atom. The molecule has 0 fully saturated rings. The van der Waals surface area contributed by atoms with E-state index in [0.29, 0.717) is 6.04 Å². The Balaban J connectivity index is 1.97. The molecule has 88 valence electrons. The molecule has 2 heteroatoms. The second-order valence-electron chi connectivity index (χ2n) is 4.88. The highest BCUT2D eigenvalue weighted by molar-refractivity contribution is 9.09. The molecular weight excluding hydrogens is 262 g/mol. The van der Waals surface area contributed by atoms with Gasteiger partial charge in [0.25, 0.3) is 0 Å². The second-order valence-corrected chi connectivity index (χ2v) is 5.67. The summed E-state index contributed by atoms with van der Waals surface area (Å²) in [6.07, 6.45) is 1.27. The van der Waals surface area contributed by atoms with Crippen molar-refractivity contribution >= 4 is 15.9 Å². The summed E-state index contributed by atoms with van der Waals surface area (Å²) in [5.41, 5.74) is 3.12. The maximum absolute atomic E-state index is 3.54. The van der Waals surface area contributed by atoms with Gasteiger partial charge in [0.1, 0.15) is 0 Å². The molecule has 0 aliphatic heterocycles. The molecule has 0 bridgehead atoms. The molecule has 1 aromatic rings. The molecule has 0 saturated carbocycles. The first kappa shape index (κ1) is 12.1. The van der Waals surface area contributed by atoms with Gasteiger partial charge in [0, 0.05) is 30.4 Å². The zero-order valence-electron chi connectivity index (χ0n) is 10.1. The predicted octanol–water partition coefficient (Wildman–Crippen LogP) is 3.43. The summed E-state index contributed by atoms with van der Waals surface area (Å²) in [6.45, 7) is 6.93. The van der Waals surface area contributed by atoms with Crippen LogP contribution in [0.5, 0.6) is 0 Å². The van der Waals surface area contributed by atoms with Gasteiger partial charge in [-0.2, -0.15) is 0 Å². The topological polar surface area (TPSA) is 3.24 Å². The summed E-state index contributed by atoms with van der Waals surface area (Å²) >= 11 is 3.54. The zero-order valence-corrected chi connectivity index (χ0v) is 11.7. The average Bonchev–Trinajstić information content (AvgIpc) is 2.24. The van der Waals surface area contributed by atoms with E-state index in [2.05, 4.69) is 58.9 Å². The Morgan fingerprint density at radius 3 is 2.75 bits per heavy atom. The van der Waals surface area contributed by atoms with Crippen LogP contribution in [0, 0.1) is 0 Å². The van der Waals surface area contributed by atoms with Gasteiger partial charge in [-0.1, -0.05) is 40.2 Å². The average molecular weight is 282 g/mol. The number of nitrogens with zero attached hydrogens (tertiary/aromatic N) is 1. The van der Waals surface area contributed by atoms with E-state index in [4.69, 9.17) is 0 Å². The van der Waals surface area contributed by atoms with Crippen LogP contribution in [0.2, 0.25) is 0 Å². The van der Waals surface area contributed by atoms with Crippen LogP contribution < -0.4 is 0 Å². The molecule has 0 amide bonds. The van der Waals surface area contributed by atoms with Crippen LogP contribution in [0.1, 0.15) is 30.9 Å². The van der Waals surface area contributed by atoms with Crippen molar-refractivity contribution in [3.63, 3.8) is 0 Å². The lowest BCUT2D eigenvalue weighted by Crippen LogP contribution is -2.38. The SMILES string of the molecule is CC(C)N(CCBr)CC1Cc2ccccc21. The minimum absolute atomic E-state index is 0.644. The number of halogens is 1. The molecule has 0 saturated heterocycles. The number of alkyl halides is 1. The standard InChI is InChI=1S/C14H20BrN/c1-11(2)16(8-7-15)10-13-9-12-5-3-4-6-14(12)13/h3-6,11,13H,7-10H2,1-2H3. The van der Waals surface area contributed by atoms with Crippen molar-refractivity contribution in [3.05, 3.63) is 35.4 Å². The van der Waals surface area contributed by atoms with E-state index < -0.39 is 0 Å². The third kappa shape index (κ3) is 2.49. The molecule has 0 N–H and O–H groups in total. The molecule has 1 aliphatic rings. The van der Waals surface area contributed by atoms with Crippen molar-refractivity contribution < 1.29 is 0 Å². The van der Waals surface area contributed by atoms with Crippen LogP contribution in [-0.4, -0.2) is 29.4 Å². The van der Waals surface area contributed by atoms with E-state index in [-0.39, 0.29) is 0 Å². The third-order valence-corrected chi connectivity index (χ3v) is 3.87. The Hall–Kier alpha value is -0.340. The molecule has 1 atom stereocenters. The fourth-order valence-electron chi connectivity index (χ4n) is 2.48. The van der Waals surface area contributed by atoms with E-state index in [9.17, 15) is 0 Å². The molecule has 0 heterocycles. The number of benzene rings is 1. The second kappa shape index (κ2) is 5.33. The zero-order chi connectivity index (χ0) is 11.5. The van der Waals surface area contributed by atoms with Gasteiger partial charge in [0.05, 0.1) is 0 Å². The van der Waals surface area contributed by atoms with Gasteiger partial charge >= 0.3 is 0 Å². The number of hydrogen-bond donors (Lipinski definition) is 0. The quantitative estimate of drug-likeness (QED) is 0.748. The van der Waals surface area contributed by atoms with E-state index in [1.807, 2.05) is 0 Å². The first-order valence-corrected chi connectivity index (χ1v) is 7.22. The van der Waals surface area contributed by atoms with E-state index in [1.54, 1.807) is 11.1 Å². The first-order valence-electron chi connectivity index (χ1n) is 6.10. The summed E-state index contributed by atoms with van der Waals surface area (Å²) in [6, 6.07) is 9.50. The Labute approximate surface area is 107 Å². The van der Waals surface area contributed by atoms with Crippen molar-refractivity contribution in [2.45, 2.75) is 32.2 Å². The highest BCUT2D eigenvalue weighted by Gasteiger charge is 2.27. The Morgan fingerprint density at radius 1 is 1.38 bits per heavy atom. The van der Waals surface area contributed by atoms with E-state index in [1.165, 1.54) is 13.0 Å². The first-order chi connectivity index (χ1) is 7.72. The van der Waals surface area contributed by atoms with Crippen molar-refractivity contribution in [1.29, 1.82) is 0 Å². The molecule has 16 heavy (non-hydrogen) atoms. The minimum Gasteiger partial charge on any atom is -0.299 e. The van der Waals surface area contributed by atoms with Gasteiger partial charge in [-0.3, -0.25) is 4.90 Å².